The molecule has 0 spiro atoms. The minimum Gasteiger partial charge on any atom is -0.324 e. The lowest BCUT2D eigenvalue weighted by molar-refractivity contribution is 0.391. The van der Waals surface area contributed by atoms with Gasteiger partial charge in [0, 0.05) is 12.1 Å². The summed E-state index contributed by atoms with van der Waals surface area (Å²) in [6.07, 6.45) is 1.49. The van der Waals surface area contributed by atoms with E-state index in [0.29, 0.717) is 0 Å². The minimum atomic E-state index is -3.33. The van der Waals surface area contributed by atoms with Crippen molar-refractivity contribution in [3.8, 4) is 0 Å². The first-order valence-electron chi connectivity index (χ1n) is 6.62. The maximum absolute atomic E-state index is 12.0. The number of benzene rings is 1. The maximum Gasteiger partial charge on any atom is 0.215 e. The number of sulfonamides is 1. The van der Waals surface area contributed by atoms with E-state index in [0.717, 1.165) is 24.0 Å². The van der Waals surface area contributed by atoms with Crippen LogP contribution in [0.25, 0.3) is 0 Å². The molecule has 0 unspecified atom stereocenters. The normalized spacial score (nSPS) is 12.6. The van der Waals surface area contributed by atoms with Crippen LogP contribution in [0.1, 0.15) is 37.8 Å². The van der Waals surface area contributed by atoms with Gasteiger partial charge >= 0.3 is 0 Å². The fourth-order valence-corrected chi connectivity index (χ4v) is 3.05. The molecule has 0 saturated heterocycles. The van der Waals surface area contributed by atoms with Gasteiger partial charge in [-0.25, -0.2) is 13.1 Å². The fourth-order valence-electron chi connectivity index (χ4n) is 1.83. The Labute approximate surface area is 116 Å². The van der Waals surface area contributed by atoms with Crippen LogP contribution in [0.2, 0.25) is 0 Å². The highest BCUT2D eigenvalue weighted by Gasteiger charge is 2.23. The summed E-state index contributed by atoms with van der Waals surface area (Å²) in [6, 6.07) is 7.52. The molecule has 1 aromatic carbocycles. The average molecular weight is 284 g/mol. The highest BCUT2D eigenvalue weighted by Crippen LogP contribution is 2.12. The summed E-state index contributed by atoms with van der Waals surface area (Å²) in [7, 11) is -3.33. The Morgan fingerprint density at radius 2 is 1.89 bits per heavy atom. The molecule has 0 atom stereocenters. The first-order valence-corrected chi connectivity index (χ1v) is 8.27. The lowest BCUT2D eigenvalue weighted by Crippen LogP contribution is -2.49. The molecule has 4 nitrogen and oxygen atoms in total. The average Bonchev–Trinajstić information content (AvgIpc) is 2.36. The molecular weight excluding hydrogens is 260 g/mol. The van der Waals surface area contributed by atoms with E-state index in [2.05, 4.69) is 4.72 Å². The van der Waals surface area contributed by atoms with Crippen LogP contribution in [0.4, 0.5) is 0 Å². The molecule has 108 valence electrons. The smallest absolute Gasteiger partial charge is 0.215 e. The topological polar surface area (TPSA) is 72.2 Å². The van der Waals surface area contributed by atoms with Crippen LogP contribution in [0, 0.1) is 6.92 Å². The Balaban J connectivity index is 2.67. The predicted molar refractivity (Wildman–Crippen MR) is 79.3 cm³/mol. The molecule has 0 amide bonds. The monoisotopic (exact) mass is 284 g/mol. The van der Waals surface area contributed by atoms with Crippen LogP contribution in [0.3, 0.4) is 0 Å². The molecule has 0 saturated carbocycles. The van der Waals surface area contributed by atoms with E-state index >= 15 is 0 Å². The summed E-state index contributed by atoms with van der Waals surface area (Å²) in [6.45, 7) is 6.17. The third-order valence-corrected chi connectivity index (χ3v) is 4.79. The van der Waals surface area contributed by atoms with E-state index in [1.165, 1.54) is 0 Å². The van der Waals surface area contributed by atoms with Crippen molar-refractivity contribution in [1.29, 1.82) is 0 Å². The Morgan fingerprint density at radius 1 is 1.26 bits per heavy atom. The standard InChI is InChI=1S/C14H24N2O2S/c1-4-14(15,5-2)11-16-19(17,18)10-13-8-6-7-12(3)9-13/h6-9,16H,4-5,10-11,15H2,1-3H3. The van der Waals surface area contributed by atoms with E-state index in [9.17, 15) is 8.42 Å². The van der Waals surface area contributed by atoms with Crippen molar-refractivity contribution in [3.63, 3.8) is 0 Å². The van der Waals surface area contributed by atoms with Crippen LogP contribution < -0.4 is 10.5 Å². The molecule has 1 rings (SSSR count). The van der Waals surface area contributed by atoms with Crippen molar-refractivity contribution in [2.75, 3.05) is 6.54 Å². The van der Waals surface area contributed by atoms with Gasteiger partial charge in [0.15, 0.2) is 0 Å². The Bertz CT molecular complexity index is 508. The van der Waals surface area contributed by atoms with E-state index in [1.807, 2.05) is 45.0 Å². The van der Waals surface area contributed by atoms with Gasteiger partial charge in [0.25, 0.3) is 0 Å². The SMILES string of the molecule is CCC(N)(CC)CNS(=O)(=O)Cc1cccc(C)c1. The number of nitrogens with two attached hydrogens (primary N) is 1. The van der Waals surface area contributed by atoms with Crippen LogP contribution in [0.5, 0.6) is 0 Å². The van der Waals surface area contributed by atoms with E-state index < -0.39 is 15.6 Å². The molecular formula is C14H24N2O2S. The molecule has 0 heterocycles. The molecule has 0 aliphatic carbocycles. The Kier molecular flexibility index (Phi) is 5.52. The second kappa shape index (κ2) is 6.50. The van der Waals surface area contributed by atoms with Crippen LogP contribution >= 0.6 is 0 Å². The Morgan fingerprint density at radius 3 is 2.42 bits per heavy atom. The molecule has 0 aliphatic rings. The van der Waals surface area contributed by atoms with Gasteiger partial charge in [-0.15, -0.1) is 0 Å². The molecule has 0 aliphatic heterocycles. The molecule has 5 heteroatoms. The van der Waals surface area contributed by atoms with Gasteiger partial charge in [-0.05, 0) is 25.3 Å². The second-order valence-corrected chi connectivity index (χ2v) is 6.95. The highest BCUT2D eigenvalue weighted by molar-refractivity contribution is 7.88. The van der Waals surface area contributed by atoms with E-state index in [-0.39, 0.29) is 12.3 Å². The van der Waals surface area contributed by atoms with Crippen LogP contribution in [-0.2, 0) is 15.8 Å². The number of aryl methyl sites for hydroxylation is 1. The lowest BCUT2D eigenvalue weighted by atomic mass is 9.95. The highest BCUT2D eigenvalue weighted by atomic mass is 32.2. The van der Waals surface area contributed by atoms with Gasteiger partial charge in [0.1, 0.15) is 0 Å². The molecule has 0 fully saturated rings. The maximum atomic E-state index is 12.0. The van der Waals surface area contributed by atoms with E-state index in [4.69, 9.17) is 5.73 Å². The summed E-state index contributed by atoms with van der Waals surface area (Å²) in [5.74, 6) is -0.00180. The molecule has 0 bridgehead atoms. The van der Waals surface area contributed by atoms with Crippen molar-refractivity contribution in [1.82, 2.24) is 4.72 Å². The molecule has 19 heavy (non-hydrogen) atoms. The first kappa shape index (κ1) is 16.1. The van der Waals surface area contributed by atoms with Crippen molar-refractivity contribution >= 4 is 10.0 Å². The van der Waals surface area contributed by atoms with Crippen molar-refractivity contribution < 1.29 is 8.42 Å². The number of rotatable bonds is 7. The largest absolute Gasteiger partial charge is 0.324 e. The summed E-state index contributed by atoms with van der Waals surface area (Å²) >= 11 is 0. The van der Waals surface area contributed by atoms with Gasteiger partial charge < -0.3 is 5.73 Å². The van der Waals surface area contributed by atoms with Crippen molar-refractivity contribution in [2.45, 2.75) is 44.9 Å². The third kappa shape index (κ3) is 5.30. The molecule has 0 radical (unpaired) electrons. The molecule has 0 aromatic heterocycles. The van der Waals surface area contributed by atoms with Crippen LogP contribution in [-0.4, -0.2) is 20.5 Å². The predicted octanol–water partition coefficient (Wildman–Crippen LogP) is 1.93. The summed E-state index contributed by atoms with van der Waals surface area (Å²) in [4.78, 5) is 0. The number of nitrogens with one attached hydrogen (secondary N) is 1. The Hall–Kier alpha value is -0.910. The zero-order valence-electron chi connectivity index (χ0n) is 11.9. The first-order chi connectivity index (χ1) is 8.80. The van der Waals surface area contributed by atoms with Crippen molar-refractivity contribution in [3.05, 3.63) is 35.4 Å². The number of hydrogen-bond acceptors (Lipinski definition) is 3. The zero-order valence-corrected chi connectivity index (χ0v) is 12.8. The van der Waals surface area contributed by atoms with Gasteiger partial charge in [0.05, 0.1) is 5.75 Å². The molecule has 1 aromatic rings. The minimum absolute atomic E-state index is 0.00180. The zero-order chi connectivity index (χ0) is 14.5. The number of hydrogen-bond donors (Lipinski definition) is 2. The quantitative estimate of drug-likeness (QED) is 0.803. The summed E-state index contributed by atoms with van der Waals surface area (Å²) < 4.78 is 26.7. The van der Waals surface area contributed by atoms with Gasteiger partial charge in [-0.2, -0.15) is 0 Å². The van der Waals surface area contributed by atoms with E-state index in [1.54, 1.807) is 0 Å². The van der Waals surface area contributed by atoms with Crippen molar-refractivity contribution in [2.24, 2.45) is 5.73 Å². The summed E-state index contributed by atoms with van der Waals surface area (Å²) in [5.41, 5.74) is 7.49. The lowest BCUT2D eigenvalue weighted by Gasteiger charge is -2.26. The summed E-state index contributed by atoms with van der Waals surface area (Å²) in [5, 5.41) is 0. The molecule has 3 N–H and O–H groups in total. The fraction of sp³-hybridized carbons (Fsp3) is 0.571. The van der Waals surface area contributed by atoms with Gasteiger partial charge in [-0.1, -0.05) is 43.7 Å². The van der Waals surface area contributed by atoms with Crippen LogP contribution in [0.15, 0.2) is 24.3 Å². The third-order valence-electron chi connectivity index (χ3n) is 3.49. The van der Waals surface area contributed by atoms with Gasteiger partial charge in [-0.3, -0.25) is 0 Å². The van der Waals surface area contributed by atoms with Gasteiger partial charge in [0.2, 0.25) is 10.0 Å². The second-order valence-electron chi connectivity index (χ2n) is 5.14.